The van der Waals surface area contributed by atoms with E-state index in [-0.39, 0.29) is 12.6 Å². The summed E-state index contributed by atoms with van der Waals surface area (Å²) in [4.78, 5) is 24.2. The molecule has 0 bridgehead atoms. The Morgan fingerprint density at radius 2 is 1.90 bits per heavy atom. The van der Waals surface area contributed by atoms with Crippen molar-refractivity contribution in [2.45, 2.75) is 19.4 Å². The van der Waals surface area contributed by atoms with Gasteiger partial charge in [0.05, 0.1) is 5.92 Å². The van der Waals surface area contributed by atoms with Crippen molar-refractivity contribution < 1.29 is 23.5 Å². The highest BCUT2D eigenvalue weighted by molar-refractivity contribution is 5.75. The van der Waals surface area contributed by atoms with E-state index in [0.717, 1.165) is 12.1 Å². The van der Waals surface area contributed by atoms with Gasteiger partial charge in [0.1, 0.15) is 0 Å². The second kappa shape index (κ2) is 6.51. The molecule has 1 aliphatic rings. The van der Waals surface area contributed by atoms with Gasteiger partial charge in [0.2, 0.25) is 0 Å². The molecule has 21 heavy (non-hydrogen) atoms. The van der Waals surface area contributed by atoms with Crippen molar-refractivity contribution in [1.29, 1.82) is 0 Å². The molecule has 0 saturated carbocycles. The number of rotatable bonds is 3. The lowest BCUT2D eigenvalue weighted by molar-refractivity contribution is -0.143. The molecule has 0 spiro atoms. The van der Waals surface area contributed by atoms with Crippen molar-refractivity contribution in [3.63, 3.8) is 0 Å². The number of carboxylic acids is 1. The maximum atomic E-state index is 13.0. The monoisotopic (exact) mass is 298 g/mol. The molecule has 1 aliphatic heterocycles. The Bertz CT molecular complexity index is 543. The van der Waals surface area contributed by atoms with E-state index in [1.165, 1.54) is 11.0 Å². The number of carbonyl (C=O) groups excluding carboxylic acids is 1. The van der Waals surface area contributed by atoms with Crippen molar-refractivity contribution in [1.82, 2.24) is 10.2 Å². The van der Waals surface area contributed by atoms with E-state index in [1.54, 1.807) is 0 Å². The van der Waals surface area contributed by atoms with Crippen LogP contribution in [0.3, 0.4) is 0 Å². The molecule has 1 aromatic carbocycles. The molecule has 1 saturated heterocycles. The summed E-state index contributed by atoms with van der Waals surface area (Å²) >= 11 is 0. The SMILES string of the molecule is O=C(O)C1CCN(C(=O)NCc2ccc(F)c(F)c2)CC1. The first-order valence-electron chi connectivity index (χ1n) is 6.67. The predicted octanol–water partition coefficient (Wildman–Crippen LogP) is 1.97. The van der Waals surface area contributed by atoms with Crippen LogP contribution in [0.1, 0.15) is 18.4 Å². The van der Waals surface area contributed by atoms with E-state index in [1.807, 2.05) is 0 Å². The fourth-order valence-corrected chi connectivity index (χ4v) is 2.27. The molecule has 0 aliphatic carbocycles. The molecule has 0 radical (unpaired) electrons. The zero-order valence-corrected chi connectivity index (χ0v) is 11.3. The van der Waals surface area contributed by atoms with E-state index < -0.39 is 23.5 Å². The third-order valence-corrected chi connectivity index (χ3v) is 3.56. The molecule has 7 heteroatoms. The van der Waals surface area contributed by atoms with Gasteiger partial charge in [-0.15, -0.1) is 0 Å². The molecule has 0 aromatic heterocycles. The molecular weight excluding hydrogens is 282 g/mol. The van der Waals surface area contributed by atoms with Crippen molar-refractivity contribution >= 4 is 12.0 Å². The molecule has 1 fully saturated rings. The molecule has 114 valence electrons. The second-order valence-electron chi connectivity index (χ2n) is 5.01. The van der Waals surface area contributed by atoms with Crippen LogP contribution in [-0.4, -0.2) is 35.1 Å². The summed E-state index contributed by atoms with van der Waals surface area (Å²) in [5.41, 5.74) is 0.461. The van der Waals surface area contributed by atoms with Gasteiger partial charge in [0.25, 0.3) is 0 Å². The molecule has 2 rings (SSSR count). The molecule has 5 nitrogen and oxygen atoms in total. The van der Waals surface area contributed by atoms with Gasteiger partial charge in [0, 0.05) is 19.6 Å². The Morgan fingerprint density at radius 1 is 1.24 bits per heavy atom. The van der Waals surface area contributed by atoms with E-state index >= 15 is 0 Å². The largest absolute Gasteiger partial charge is 0.481 e. The molecule has 2 N–H and O–H groups in total. The number of benzene rings is 1. The van der Waals surface area contributed by atoms with Crippen LogP contribution in [0.15, 0.2) is 18.2 Å². The molecular formula is C14H16F2N2O3. The quantitative estimate of drug-likeness (QED) is 0.896. The van der Waals surface area contributed by atoms with E-state index in [0.29, 0.717) is 31.5 Å². The summed E-state index contributed by atoms with van der Waals surface area (Å²) in [7, 11) is 0. The summed E-state index contributed by atoms with van der Waals surface area (Å²) in [6, 6.07) is 3.11. The summed E-state index contributed by atoms with van der Waals surface area (Å²) in [5, 5.41) is 11.5. The Hall–Kier alpha value is -2.18. The van der Waals surface area contributed by atoms with Crippen molar-refractivity contribution in [2.75, 3.05) is 13.1 Å². The van der Waals surface area contributed by atoms with Crippen LogP contribution in [0.5, 0.6) is 0 Å². The Labute approximate surface area is 120 Å². The van der Waals surface area contributed by atoms with Crippen molar-refractivity contribution in [3.8, 4) is 0 Å². The van der Waals surface area contributed by atoms with Gasteiger partial charge in [0.15, 0.2) is 11.6 Å². The third-order valence-electron chi connectivity index (χ3n) is 3.56. The maximum absolute atomic E-state index is 13.0. The Balaban J connectivity index is 1.82. The number of amides is 2. The fourth-order valence-electron chi connectivity index (χ4n) is 2.27. The van der Waals surface area contributed by atoms with Crippen molar-refractivity contribution in [2.24, 2.45) is 5.92 Å². The lowest BCUT2D eigenvalue weighted by atomic mass is 9.97. The highest BCUT2D eigenvalue weighted by atomic mass is 19.2. The summed E-state index contributed by atoms with van der Waals surface area (Å²) in [5.74, 6) is -3.12. The first-order chi connectivity index (χ1) is 9.97. The van der Waals surface area contributed by atoms with Gasteiger partial charge in [-0.2, -0.15) is 0 Å². The zero-order chi connectivity index (χ0) is 15.4. The standard InChI is InChI=1S/C14H16F2N2O3/c15-11-2-1-9(7-12(11)16)8-17-14(21)18-5-3-10(4-6-18)13(19)20/h1-2,7,10H,3-6,8H2,(H,17,21)(H,19,20). The topological polar surface area (TPSA) is 69.6 Å². The molecule has 2 amide bonds. The van der Waals surface area contributed by atoms with E-state index in [9.17, 15) is 18.4 Å². The van der Waals surface area contributed by atoms with E-state index in [2.05, 4.69) is 5.32 Å². The summed E-state index contributed by atoms with van der Waals surface area (Å²) in [6.07, 6.45) is 0.849. The van der Waals surface area contributed by atoms with Crippen LogP contribution >= 0.6 is 0 Å². The zero-order valence-electron chi connectivity index (χ0n) is 11.3. The molecule has 1 aromatic rings. The number of likely N-dealkylation sites (tertiary alicyclic amines) is 1. The van der Waals surface area contributed by atoms with E-state index in [4.69, 9.17) is 5.11 Å². The Kier molecular flexibility index (Phi) is 4.72. The smallest absolute Gasteiger partial charge is 0.317 e. The molecule has 1 heterocycles. The number of hydrogen-bond acceptors (Lipinski definition) is 2. The number of halogens is 2. The summed E-state index contributed by atoms with van der Waals surface area (Å²) in [6.45, 7) is 0.843. The van der Waals surface area contributed by atoms with Crippen LogP contribution in [-0.2, 0) is 11.3 Å². The van der Waals surface area contributed by atoms with Gasteiger partial charge < -0.3 is 15.3 Å². The second-order valence-corrected chi connectivity index (χ2v) is 5.01. The minimum absolute atomic E-state index is 0.0922. The first-order valence-corrected chi connectivity index (χ1v) is 6.67. The number of hydrogen-bond donors (Lipinski definition) is 2. The normalized spacial score (nSPS) is 15.8. The number of carbonyl (C=O) groups is 2. The van der Waals surface area contributed by atoms with Gasteiger partial charge in [-0.25, -0.2) is 13.6 Å². The highest BCUT2D eigenvalue weighted by Crippen LogP contribution is 2.17. The van der Waals surface area contributed by atoms with Gasteiger partial charge in [-0.3, -0.25) is 4.79 Å². The number of nitrogens with one attached hydrogen (secondary N) is 1. The number of urea groups is 1. The van der Waals surface area contributed by atoms with Crippen LogP contribution in [0.2, 0.25) is 0 Å². The average Bonchev–Trinajstić information content (AvgIpc) is 2.48. The highest BCUT2D eigenvalue weighted by Gasteiger charge is 2.26. The fraction of sp³-hybridized carbons (Fsp3) is 0.429. The number of carboxylic acid groups (broad SMARTS) is 1. The predicted molar refractivity (Wildman–Crippen MR) is 70.5 cm³/mol. The minimum Gasteiger partial charge on any atom is -0.481 e. The summed E-state index contributed by atoms with van der Waals surface area (Å²) < 4.78 is 25.8. The molecule has 0 unspecified atom stereocenters. The minimum atomic E-state index is -0.955. The average molecular weight is 298 g/mol. The maximum Gasteiger partial charge on any atom is 0.317 e. The number of aliphatic carboxylic acids is 1. The lowest BCUT2D eigenvalue weighted by Gasteiger charge is -2.30. The van der Waals surface area contributed by atoms with Crippen molar-refractivity contribution in [3.05, 3.63) is 35.4 Å². The van der Waals surface area contributed by atoms with Crippen LogP contribution in [0, 0.1) is 17.6 Å². The van der Waals surface area contributed by atoms with Crippen LogP contribution in [0.25, 0.3) is 0 Å². The lowest BCUT2D eigenvalue weighted by Crippen LogP contribution is -2.45. The first kappa shape index (κ1) is 15.2. The Morgan fingerprint density at radius 3 is 2.48 bits per heavy atom. The number of nitrogens with zero attached hydrogens (tertiary/aromatic N) is 1. The van der Waals surface area contributed by atoms with Gasteiger partial charge in [-0.1, -0.05) is 6.07 Å². The molecule has 0 atom stereocenters. The van der Waals surface area contributed by atoms with Gasteiger partial charge in [-0.05, 0) is 30.5 Å². The number of piperidine rings is 1. The van der Waals surface area contributed by atoms with Crippen LogP contribution < -0.4 is 5.32 Å². The van der Waals surface area contributed by atoms with Crippen LogP contribution in [0.4, 0.5) is 13.6 Å². The third kappa shape index (κ3) is 3.90. The van der Waals surface area contributed by atoms with Gasteiger partial charge >= 0.3 is 12.0 Å².